The summed E-state index contributed by atoms with van der Waals surface area (Å²) in [7, 11) is 1.48. The van der Waals surface area contributed by atoms with Crippen molar-refractivity contribution in [3.05, 3.63) is 76.6 Å². The number of methoxy groups -OCH3 is 1. The molecule has 0 atom stereocenters. The van der Waals surface area contributed by atoms with Gasteiger partial charge in [0.2, 0.25) is 0 Å². The molecule has 3 N–H and O–H groups in total. The van der Waals surface area contributed by atoms with Crippen molar-refractivity contribution >= 4 is 23.0 Å². The molecule has 0 spiro atoms. The smallest absolute Gasteiger partial charge is 0.281 e. The number of phenols is 1. The number of anilines is 2. The molecular weight excluding hydrogens is 457 g/mol. The largest absolute Gasteiger partial charge is 0.504 e. The molecule has 0 radical (unpaired) electrons. The van der Waals surface area contributed by atoms with Gasteiger partial charge in [0, 0.05) is 28.9 Å². The van der Waals surface area contributed by atoms with Crippen LogP contribution in [0.5, 0.6) is 17.2 Å². The van der Waals surface area contributed by atoms with Gasteiger partial charge >= 0.3 is 0 Å². The first-order valence-electron chi connectivity index (χ1n) is 10.8. The number of hydrogen-bond acceptors (Lipinski definition) is 8. The summed E-state index contributed by atoms with van der Waals surface area (Å²) in [6.45, 7) is 0.687. The molecule has 3 aromatic rings. The van der Waals surface area contributed by atoms with E-state index in [0.29, 0.717) is 46.1 Å². The average Bonchev–Trinajstić information content (AvgIpc) is 3.12. The normalized spacial score (nSPS) is 15.5. The SMILES string of the molecule is COc1ccc(CNc2ccc3c(c2)/C(=N/O)C(=O)N3Cc2cc(F)cc3c2OCOC3)cc1O. The van der Waals surface area contributed by atoms with Gasteiger partial charge < -0.3 is 34.7 Å². The van der Waals surface area contributed by atoms with Gasteiger partial charge in [-0.1, -0.05) is 11.2 Å². The molecule has 0 fully saturated rings. The Morgan fingerprint density at radius 2 is 2.06 bits per heavy atom. The molecule has 0 unspecified atom stereocenters. The summed E-state index contributed by atoms with van der Waals surface area (Å²) in [5, 5.41) is 26.0. The third-order valence-electron chi connectivity index (χ3n) is 5.91. The number of rotatable bonds is 6. The van der Waals surface area contributed by atoms with E-state index in [2.05, 4.69) is 10.5 Å². The van der Waals surface area contributed by atoms with E-state index < -0.39 is 11.7 Å². The summed E-state index contributed by atoms with van der Waals surface area (Å²) in [4.78, 5) is 14.5. The fraction of sp³-hybridized carbons (Fsp3) is 0.200. The number of ether oxygens (including phenoxy) is 3. The van der Waals surface area contributed by atoms with Gasteiger partial charge in [-0.3, -0.25) is 4.79 Å². The van der Waals surface area contributed by atoms with Gasteiger partial charge in [0.05, 0.1) is 25.9 Å². The molecule has 10 heteroatoms. The maximum atomic E-state index is 14.2. The van der Waals surface area contributed by atoms with Crippen LogP contribution in [0, 0.1) is 5.82 Å². The van der Waals surface area contributed by atoms with Crippen LogP contribution in [0.15, 0.2) is 53.7 Å². The first-order valence-corrected chi connectivity index (χ1v) is 10.8. The number of nitrogens with zero attached hydrogens (tertiary/aromatic N) is 2. The van der Waals surface area contributed by atoms with E-state index in [-0.39, 0.29) is 31.4 Å². The first-order chi connectivity index (χ1) is 17.0. The lowest BCUT2D eigenvalue weighted by Crippen LogP contribution is -2.30. The monoisotopic (exact) mass is 479 g/mol. The van der Waals surface area contributed by atoms with E-state index >= 15 is 0 Å². The lowest BCUT2D eigenvalue weighted by atomic mass is 10.1. The van der Waals surface area contributed by atoms with Crippen molar-refractivity contribution in [2.75, 3.05) is 24.1 Å². The Labute approximate surface area is 200 Å². The van der Waals surface area contributed by atoms with E-state index in [1.807, 2.05) is 6.07 Å². The minimum Gasteiger partial charge on any atom is -0.504 e. The van der Waals surface area contributed by atoms with Crippen molar-refractivity contribution in [2.45, 2.75) is 19.7 Å². The summed E-state index contributed by atoms with van der Waals surface area (Å²) in [6.07, 6.45) is 0. The van der Waals surface area contributed by atoms with Crippen molar-refractivity contribution in [1.29, 1.82) is 0 Å². The number of nitrogens with one attached hydrogen (secondary N) is 1. The van der Waals surface area contributed by atoms with Crippen molar-refractivity contribution in [3.8, 4) is 17.2 Å². The van der Waals surface area contributed by atoms with Crippen LogP contribution in [0.25, 0.3) is 0 Å². The van der Waals surface area contributed by atoms with Crippen LogP contribution in [-0.4, -0.2) is 35.8 Å². The Morgan fingerprint density at radius 3 is 2.83 bits per heavy atom. The lowest BCUT2D eigenvalue weighted by molar-refractivity contribution is -0.112. The highest BCUT2D eigenvalue weighted by Crippen LogP contribution is 2.36. The quantitative estimate of drug-likeness (QED) is 0.365. The van der Waals surface area contributed by atoms with E-state index in [9.17, 15) is 19.5 Å². The Balaban J connectivity index is 1.40. The molecule has 0 aromatic heterocycles. The van der Waals surface area contributed by atoms with Crippen LogP contribution in [0.3, 0.4) is 0 Å². The molecular formula is C25H22FN3O6. The van der Waals surface area contributed by atoms with E-state index in [1.54, 1.807) is 30.3 Å². The van der Waals surface area contributed by atoms with E-state index in [4.69, 9.17) is 14.2 Å². The van der Waals surface area contributed by atoms with Crippen LogP contribution < -0.4 is 19.7 Å². The predicted molar refractivity (Wildman–Crippen MR) is 125 cm³/mol. The third kappa shape index (κ3) is 4.19. The molecule has 0 bridgehead atoms. The zero-order valence-corrected chi connectivity index (χ0v) is 18.7. The molecule has 0 aliphatic carbocycles. The van der Waals surface area contributed by atoms with E-state index in [0.717, 1.165) is 5.56 Å². The van der Waals surface area contributed by atoms with Crippen LogP contribution in [0.2, 0.25) is 0 Å². The number of amides is 1. The number of phenolic OH excluding ortho intramolecular Hbond substituents is 1. The zero-order valence-electron chi connectivity index (χ0n) is 18.7. The summed E-state index contributed by atoms with van der Waals surface area (Å²) < 4.78 is 30.1. The van der Waals surface area contributed by atoms with E-state index in [1.165, 1.54) is 24.1 Å². The summed E-state index contributed by atoms with van der Waals surface area (Å²) >= 11 is 0. The van der Waals surface area contributed by atoms with Gasteiger partial charge in [-0.05, 0) is 48.0 Å². The third-order valence-corrected chi connectivity index (χ3v) is 5.91. The second kappa shape index (κ2) is 9.15. The molecule has 3 aromatic carbocycles. The van der Waals surface area contributed by atoms with Crippen molar-refractivity contribution < 1.29 is 33.7 Å². The Bertz CT molecular complexity index is 1340. The molecule has 2 heterocycles. The number of oxime groups is 1. The van der Waals surface area contributed by atoms with Gasteiger partial charge in [0.1, 0.15) is 11.6 Å². The number of fused-ring (bicyclic) bond motifs is 2. The summed E-state index contributed by atoms with van der Waals surface area (Å²) in [6, 6.07) is 13.0. The molecule has 0 saturated heterocycles. The van der Waals surface area contributed by atoms with Crippen LogP contribution in [-0.2, 0) is 29.2 Å². The molecule has 2 aliphatic heterocycles. The fourth-order valence-corrected chi connectivity index (χ4v) is 4.27. The van der Waals surface area contributed by atoms with Gasteiger partial charge in [0.25, 0.3) is 5.91 Å². The topological polar surface area (TPSA) is 113 Å². The van der Waals surface area contributed by atoms with Crippen LogP contribution in [0.1, 0.15) is 22.3 Å². The molecule has 1 amide bonds. The molecule has 0 saturated carbocycles. The lowest BCUT2D eigenvalue weighted by Gasteiger charge is -2.24. The van der Waals surface area contributed by atoms with Crippen LogP contribution in [0.4, 0.5) is 15.8 Å². The van der Waals surface area contributed by atoms with Gasteiger partial charge in [0.15, 0.2) is 24.0 Å². The number of carbonyl (C=O) groups excluding carboxylic acids is 1. The summed E-state index contributed by atoms with van der Waals surface area (Å²) in [5.74, 6) is -0.0648. The highest BCUT2D eigenvalue weighted by molar-refractivity contribution is 6.54. The molecule has 180 valence electrons. The minimum atomic E-state index is -0.509. The standard InChI is InChI=1S/C25H22FN3O6/c1-33-22-5-2-14(6-21(22)30)10-27-18-3-4-20-19(9-18)23(28-32)25(31)29(20)11-15-7-17(26)8-16-12-34-13-35-24(15)16/h2-9,27,30,32H,10-13H2,1H3/b28-23-. The van der Waals surface area contributed by atoms with Crippen LogP contribution >= 0.6 is 0 Å². The highest BCUT2D eigenvalue weighted by atomic mass is 19.1. The van der Waals surface area contributed by atoms with Gasteiger partial charge in [-0.15, -0.1) is 0 Å². The Morgan fingerprint density at radius 1 is 1.20 bits per heavy atom. The average molecular weight is 479 g/mol. The van der Waals surface area contributed by atoms with Crippen molar-refractivity contribution in [1.82, 2.24) is 0 Å². The predicted octanol–water partition coefficient (Wildman–Crippen LogP) is 3.74. The number of halogens is 1. The Hall–Kier alpha value is -4.31. The first kappa shape index (κ1) is 22.5. The maximum Gasteiger partial charge on any atom is 0.281 e. The molecule has 35 heavy (non-hydrogen) atoms. The van der Waals surface area contributed by atoms with Crippen molar-refractivity contribution in [2.24, 2.45) is 5.16 Å². The summed E-state index contributed by atoms with van der Waals surface area (Å²) in [5.41, 5.74) is 3.41. The molecule has 9 nitrogen and oxygen atoms in total. The molecule has 5 rings (SSSR count). The fourth-order valence-electron chi connectivity index (χ4n) is 4.27. The Kier molecular flexibility index (Phi) is 5.87. The number of carbonyl (C=O) groups is 1. The second-order valence-electron chi connectivity index (χ2n) is 8.10. The molecule has 2 aliphatic rings. The van der Waals surface area contributed by atoms with Gasteiger partial charge in [-0.2, -0.15) is 0 Å². The maximum absolute atomic E-state index is 14.2. The minimum absolute atomic E-state index is 0.0306. The number of benzene rings is 3. The number of hydrogen-bond donors (Lipinski definition) is 3. The highest BCUT2D eigenvalue weighted by Gasteiger charge is 2.36. The van der Waals surface area contributed by atoms with Gasteiger partial charge in [-0.25, -0.2) is 4.39 Å². The number of aromatic hydroxyl groups is 1. The van der Waals surface area contributed by atoms with Crippen molar-refractivity contribution in [3.63, 3.8) is 0 Å². The zero-order chi connectivity index (χ0) is 24.5. The second-order valence-corrected chi connectivity index (χ2v) is 8.10.